The lowest BCUT2D eigenvalue weighted by atomic mass is 10.2. The van der Waals surface area contributed by atoms with Crippen LogP contribution in [0.5, 0.6) is 0 Å². The first-order valence-electron chi connectivity index (χ1n) is 9.42. The molecule has 0 bridgehead atoms. The fourth-order valence-corrected chi connectivity index (χ4v) is 4.94. The van der Waals surface area contributed by atoms with Crippen molar-refractivity contribution in [3.63, 3.8) is 0 Å². The van der Waals surface area contributed by atoms with Crippen molar-refractivity contribution in [1.82, 2.24) is 4.90 Å². The van der Waals surface area contributed by atoms with Crippen molar-refractivity contribution in [3.8, 4) is 0 Å². The fraction of sp³-hybridized carbons (Fsp3) is 0.333. The van der Waals surface area contributed by atoms with Crippen LogP contribution in [0.4, 0.5) is 5.69 Å². The molecule has 0 atom stereocenters. The first-order valence-corrected chi connectivity index (χ1v) is 12.0. The molecular weight excluding hydrogens is 406 g/mol. The second kappa shape index (κ2) is 9.45. The lowest BCUT2D eigenvalue weighted by molar-refractivity contribution is -0.113. The van der Waals surface area contributed by atoms with E-state index in [0.717, 1.165) is 18.7 Å². The van der Waals surface area contributed by atoms with Crippen LogP contribution in [-0.4, -0.2) is 44.4 Å². The van der Waals surface area contributed by atoms with Gasteiger partial charge in [0.15, 0.2) is 0 Å². The Labute approximate surface area is 176 Å². The fourth-order valence-electron chi connectivity index (χ4n) is 3.07. The van der Waals surface area contributed by atoms with Crippen LogP contribution >= 0.6 is 11.8 Å². The van der Waals surface area contributed by atoms with Crippen LogP contribution in [-0.2, 0) is 20.6 Å². The number of hydrogen-bond donors (Lipinski definition) is 1. The van der Waals surface area contributed by atoms with E-state index in [0.29, 0.717) is 23.7 Å². The highest BCUT2D eigenvalue weighted by Crippen LogP contribution is 2.20. The third-order valence-corrected chi connectivity index (χ3v) is 6.90. The first-order chi connectivity index (χ1) is 13.8. The standard InChI is InChI=1S/C21H25N3O3S2/c1-16-5-3-6-17(13-16)14-28-15-21(25)22-18-8-10-19(11-9-18)29(26,27)23-20-7-4-12-24(20)2/h3,5-6,8-11,13H,4,7,12,14-15H2,1-2H3,(H,22,25). The van der Waals surface area contributed by atoms with Gasteiger partial charge in [0.25, 0.3) is 10.0 Å². The number of thioether (sulfide) groups is 1. The molecule has 0 unspecified atom stereocenters. The van der Waals surface area contributed by atoms with Crippen molar-refractivity contribution in [3.05, 3.63) is 59.7 Å². The van der Waals surface area contributed by atoms with E-state index in [1.807, 2.05) is 37.1 Å². The minimum Gasteiger partial charge on any atom is -0.362 e. The largest absolute Gasteiger partial charge is 0.362 e. The Morgan fingerprint density at radius 1 is 1.21 bits per heavy atom. The highest BCUT2D eigenvalue weighted by atomic mass is 32.2. The lowest BCUT2D eigenvalue weighted by Gasteiger charge is -2.11. The maximum absolute atomic E-state index is 12.5. The zero-order valence-corrected chi connectivity index (χ0v) is 18.2. The minimum absolute atomic E-state index is 0.119. The summed E-state index contributed by atoms with van der Waals surface area (Å²) in [5.74, 6) is 1.56. The van der Waals surface area contributed by atoms with Crippen LogP contribution in [0.25, 0.3) is 0 Å². The maximum atomic E-state index is 12.5. The summed E-state index contributed by atoms with van der Waals surface area (Å²) in [6.45, 7) is 2.87. The molecule has 0 spiro atoms. The van der Waals surface area contributed by atoms with Gasteiger partial charge < -0.3 is 10.2 Å². The molecule has 2 aromatic rings. The van der Waals surface area contributed by atoms with Crippen molar-refractivity contribution >= 4 is 39.2 Å². The summed E-state index contributed by atoms with van der Waals surface area (Å²) in [5.41, 5.74) is 2.95. The number of nitrogens with zero attached hydrogens (tertiary/aromatic N) is 2. The highest BCUT2D eigenvalue weighted by molar-refractivity contribution is 7.99. The third-order valence-electron chi connectivity index (χ3n) is 4.58. The van der Waals surface area contributed by atoms with Gasteiger partial charge in [-0.25, -0.2) is 0 Å². The van der Waals surface area contributed by atoms with Crippen LogP contribution < -0.4 is 5.32 Å². The van der Waals surface area contributed by atoms with E-state index in [1.54, 1.807) is 12.1 Å². The third kappa shape index (κ3) is 6.08. The molecule has 3 rings (SSSR count). The molecule has 1 N–H and O–H groups in total. The predicted octanol–water partition coefficient (Wildman–Crippen LogP) is 3.68. The number of likely N-dealkylation sites (tertiary alicyclic amines) is 1. The molecule has 0 saturated carbocycles. The van der Waals surface area contributed by atoms with Gasteiger partial charge in [-0.1, -0.05) is 29.8 Å². The molecule has 1 aliphatic rings. The average molecular weight is 432 g/mol. The van der Waals surface area contributed by atoms with Crippen LogP contribution in [0.15, 0.2) is 57.8 Å². The van der Waals surface area contributed by atoms with Crippen LogP contribution in [0.3, 0.4) is 0 Å². The Kier molecular flexibility index (Phi) is 6.97. The average Bonchev–Trinajstić information content (AvgIpc) is 3.06. The molecule has 1 fully saturated rings. The summed E-state index contributed by atoms with van der Waals surface area (Å²) in [6.07, 6.45) is 1.59. The van der Waals surface area contributed by atoms with Crippen molar-refractivity contribution in [1.29, 1.82) is 0 Å². The molecule has 2 aromatic carbocycles. The zero-order chi connectivity index (χ0) is 20.9. The van der Waals surface area contributed by atoms with E-state index >= 15 is 0 Å². The summed E-state index contributed by atoms with van der Waals surface area (Å²) in [6, 6.07) is 14.3. The molecule has 1 heterocycles. The number of aryl methyl sites for hydroxylation is 1. The Hall–Kier alpha value is -2.32. The number of sulfonamides is 1. The van der Waals surface area contributed by atoms with Crippen molar-refractivity contribution in [2.45, 2.75) is 30.4 Å². The maximum Gasteiger partial charge on any atom is 0.283 e. The predicted molar refractivity (Wildman–Crippen MR) is 119 cm³/mol. The second-order valence-corrected chi connectivity index (χ2v) is 9.65. The molecule has 8 heteroatoms. The van der Waals surface area contributed by atoms with E-state index in [-0.39, 0.29) is 10.8 Å². The van der Waals surface area contributed by atoms with E-state index in [4.69, 9.17) is 0 Å². The summed E-state index contributed by atoms with van der Waals surface area (Å²) >= 11 is 1.54. The number of amides is 1. The van der Waals surface area contributed by atoms with Crippen molar-refractivity contribution in [2.24, 2.45) is 4.40 Å². The number of rotatable bonds is 7. The normalized spacial score (nSPS) is 15.7. The number of amidine groups is 1. The molecule has 1 amide bonds. The second-order valence-electron chi connectivity index (χ2n) is 7.06. The van der Waals surface area contributed by atoms with Gasteiger partial charge in [-0.2, -0.15) is 8.42 Å². The molecule has 6 nitrogen and oxygen atoms in total. The monoisotopic (exact) mass is 431 g/mol. The van der Waals surface area contributed by atoms with Gasteiger partial charge in [0, 0.05) is 31.5 Å². The number of carbonyl (C=O) groups excluding carboxylic acids is 1. The van der Waals surface area contributed by atoms with E-state index in [9.17, 15) is 13.2 Å². The van der Waals surface area contributed by atoms with Gasteiger partial charge in [-0.15, -0.1) is 16.2 Å². The van der Waals surface area contributed by atoms with Gasteiger partial charge in [0.1, 0.15) is 5.84 Å². The van der Waals surface area contributed by atoms with Gasteiger partial charge >= 0.3 is 0 Å². The first kappa shape index (κ1) is 21.4. The quantitative estimate of drug-likeness (QED) is 0.723. The Balaban J connectivity index is 1.54. The molecule has 154 valence electrons. The molecule has 0 aliphatic carbocycles. The van der Waals surface area contributed by atoms with Gasteiger partial charge in [-0.3, -0.25) is 4.79 Å². The van der Waals surface area contributed by atoms with Gasteiger partial charge in [0.2, 0.25) is 5.91 Å². The highest BCUT2D eigenvalue weighted by Gasteiger charge is 2.20. The van der Waals surface area contributed by atoms with E-state index in [1.165, 1.54) is 35.0 Å². The Bertz CT molecular complexity index is 1000. The molecular formula is C21H25N3O3S2. The molecule has 0 radical (unpaired) electrons. The van der Waals surface area contributed by atoms with E-state index in [2.05, 4.69) is 15.8 Å². The SMILES string of the molecule is Cc1cccc(CSCC(=O)Nc2ccc(S(=O)(=O)N=C3CCCN3C)cc2)c1. The number of carbonyl (C=O) groups is 1. The zero-order valence-electron chi connectivity index (χ0n) is 16.6. The number of anilines is 1. The van der Waals surface area contributed by atoms with Crippen LogP contribution in [0.2, 0.25) is 0 Å². The topological polar surface area (TPSA) is 78.8 Å². The number of hydrogen-bond acceptors (Lipinski definition) is 4. The summed E-state index contributed by atoms with van der Waals surface area (Å²) in [4.78, 5) is 14.1. The van der Waals surface area contributed by atoms with E-state index < -0.39 is 10.0 Å². The van der Waals surface area contributed by atoms with Gasteiger partial charge in [0.05, 0.1) is 10.6 Å². The van der Waals surface area contributed by atoms with Crippen LogP contribution in [0, 0.1) is 6.92 Å². The van der Waals surface area contributed by atoms with Crippen molar-refractivity contribution in [2.75, 3.05) is 24.7 Å². The molecule has 0 aromatic heterocycles. The smallest absolute Gasteiger partial charge is 0.283 e. The molecule has 1 aliphatic heterocycles. The molecule has 29 heavy (non-hydrogen) atoms. The Morgan fingerprint density at radius 2 is 1.97 bits per heavy atom. The molecule has 1 saturated heterocycles. The van der Waals surface area contributed by atoms with Crippen LogP contribution in [0.1, 0.15) is 24.0 Å². The Morgan fingerprint density at radius 3 is 2.62 bits per heavy atom. The minimum atomic E-state index is -3.74. The summed E-state index contributed by atoms with van der Waals surface area (Å²) < 4.78 is 28.9. The van der Waals surface area contributed by atoms with Crippen molar-refractivity contribution < 1.29 is 13.2 Å². The van der Waals surface area contributed by atoms with Gasteiger partial charge in [-0.05, 0) is 43.2 Å². The number of nitrogens with one attached hydrogen (secondary N) is 1. The lowest BCUT2D eigenvalue weighted by Crippen LogP contribution is -2.20. The number of benzene rings is 2. The summed E-state index contributed by atoms with van der Waals surface area (Å²) in [7, 11) is -1.90. The summed E-state index contributed by atoms with van der Waals surface area (Å²) in [5, 5.41) is 2.80.